The summed E-state index contributed by atoms with van der Waals surface area (Å²) >= 11 is 1.38. The number of thioether (sulfide) groups is 1. The quantitative estimate of drug-likeness (QED) is 0.0831. The van der Waals surface area contributed by atoms with Crippen molar-refractivity contribution in [2.24, 2.45) is 34.0 Å². The molecular weight excluding hydrogens is 1050 g/mol. The van der Waals surface area contributed by atoms with Crippen molar-refractivity contribution in [1.29, 1.82) is 0 Å². The number of amides is 6. The number of rotatable bonds is 21. The number of carbonyl (C=O) groups is 9. The van der Waals surface area contributed by atoms with Gasteiger partial charge in [0.1, 0.15) is 19.3 Å². The highest BCUT2D eigenvalue weighted by atomic mass is 32.2. The first-order chi connectivity index (χ1) is 38.0. The number of ketones is 2. The molecule has 9 aliphatic rings. The van der Waals surface area contributed by atoms with Crippen molar-refractivity contribution >= 4 is 70.6 Å². The summed E-state index contributed by atoms with van der Waals surface area (Å²) in [4.78, 5) is 115. The van der Waals surface area contributed by atoms with Gasteiger partial charge >= 0.3 is 12.1 Å². The molecular formula is C59H71N5O15S. The van der Waals surface area contributed by atoms with Gasteiger partial charge in [0, 0.05) is 59.3 Å². The van der Waals surface area contributed by atoms with Gasteiger partial charge in [-0.05, 0) is 116 Å². The fraction of sp³-hybridized carbons (Fsp3) is 0.576. The second-order valence-corrected chi connectivity index (χ2v) is 26.1. The summed E-state index contributed by atoms with van der Waals surface area (Å²) in [6.07, 6.45) is 7.22. The fourth-order valence-corrected chi connectivity index (χ4v) is 16.4. The number of aliphatic carboxylic acids is 1. The largest absolute Gasteiger partial charge is 0.481 e. The van der Waals surface area contributed by atoms with Crippen LogP contribution in [-0.4, -0.2) is 133 Å². The number of carboxylic acids is 1. The summed E-state index contributed by atoms with van der Waals surface area (Å²) in [6, 6.07) is 13.2. The average Bonchev–Trinajstić information content (AvgIpc) is 3.68. The van der Waals surface area contributed by atoms with Gasteiger partial charge in [-0.1, -0.05) is 75.7 Å². The molecule has 80 heavy (non-hydrogen) atoms. The van der Waals surface area contributed by atoms with E-state index in [-0.39, 0.29) is 84.0 Å². The van der Waals surface area contributed by atoms with Crippen LogP contribution in [0.1, 0.15) is 121 Å². The van der Waals surface area contributed by atoms with Crippen molar-refractivity contribution in [3.05, 3.63) is 89.0 Å². The van der Waals surface area contributed by atoms with Gasteiger partial charge < -0.3 is 50.8 Å². The van der Waals surface area contributed by atoms with E-state index in [0.29, 0.717) is 24.1 Å². The van der Waals surface area contributed by atoms with Crippen LogP contribution in [0.15, 0.2) is 72.3 Å². The molecule has 0 radical (unpaired) electrons. The van der Waals surface area contributed by atoms with Crippen LogP contribution in [0.4, 0.5) is 10.5 Å². The predicted octanol–water partition coefficient (Wildman–Crippen LogP) is 4.74. The highest BCUT2D eigenvalue weighted by molar-refractivity contribution is 8.01. The highest BCUT2D eigenvalue weighted by Gasteiger charge is 2.76. The highest BCUT2D eigenvalue weighted by Crippen LogP contribution is 2.71. The lowest BCUT2D eigenvalue weighted by Crippen LogP contribution is -2.75. The van der Waals surface area contributed by atoms with Crippen molar-refractivity contribution in [3.63, 3.8) is 0 Å². The molecule has 2 aromatic rings. The zero-order valence-corrected chi connectivity index (χ0v) is 46.3. The molecule has 0 aromatic heterocycles. The van der Waals surface area contributed by atoms with Crippen LogP contribution in [0, 0.1) is 34.0 Å². The first-order valence-corrected chi connectivity index (χ1v) is 28.7. The molecule has 20 nitrogen and oxygen atoms in total. The van der Waals surface area contributed by atoms with E-state index >= 15 is 0 Å². The molecule has 2 aromatic carbocycles. The minimum Gasteiger partial charge on any atom is -0.481 e. The Kier molecular flexibility index (Phi) is 15.6. The molecule has 0 spiro atoms. The van der Waals surface area contributed by atoms with Crippen LogP contribution in [0.3, 0.4) is 0 Å². The van der Waals surface area contributed by atoms with Gasteiger partial charge in [-0.2, -0.15) is 0 Å². The van der Waals surface area contributed by atoms with Crippen molar-refractivity contribution in [2.75, 3.05) is 25.0 Å². The van der Waals surface area contributed by atoms with Crippen LogP contribution < -0.4 is 21.3 Å². The maximum Gasteiger partial charge on any atom is 0.407 e. The van der Waals surface area contributed by atoms with E-state index < -0.39 is 101 Å². The minimum absolute atomic E-state index is 0.00622. The lowest BCUT2D eigenvalue weighted by molar-refractivity contribution is -0.201. The number of nitrogens with zero attached hydrogens (tertiary/aromatic N) is 1. The van der Waals surface area contributed by atoms with Gasteiger partial charge in [0.15, 0.2) is 23.5 Å². The van der Waals surface area contributed by atoms with Gasteiger partial charge in [0.05, 0.1) is 24.0 Å². The number of hydrogen-bond donors (Lipinski definition) is 7. The third kappa shape index (κ3) is 10.6. The first kappa shape index (κ1) is 57.0. The second-order valence-electron chi connectivity index (χ2n) is 24.3. The monoisotopic (exact) mass is 1120 g/mol. The summed E-state index contributed by atoms with van der Waals surface area (Å²) < 4.78 is 19.0. The molecule has 11 rings (SSSR count). The van der Waals surface area contributed by atoms with Gasteiger partial charge in [-0.3, -0.25) is 43.3 Å². The minimum atomic E-state index is -1.44. The fourth-order valence-electron chi connectivity index (χ4n) is 15.3. The molecule has 6 saturated carbocycles. The number of fused-ring (bicyclic) bond motifs is 7. The second kappa shape index (κ2) is 21.9. The van der Waals surface area contributed by atoms with Crippen molar-refractivity contribution < 1.29 is 72.7 Å². The van der Waals surface area contributed by atoms with E-state index in [9.17, 15) is 58.5 Å². The maximum absolute atomic E-state index is 14.0. The molecule has 2 heterocycles. The average molecular weight is 1120 g/mol. The van der Waals surface area contributed by atoms with Crippen molar-refractivity contribution in [2.45, 2.75) is 158 Å². The van der Waals surface area contributed by atoms with E-state index in [2.05, 4.69) is 28.2 Å². The van der Waals surface area contributed by atoms with Gasteiger partial charge in [0.2, 0.25) is 29.5 Å². The zero-order valence-electron chi connectivity index (χ0n) is 45.5. The topological polar surface area (TPSA) is 293 Å². The summed E-state index contributed by atoms with van der Waals surface area (Å²) in [5, 5.41) is 41.9. The maximum atomic E-state index is 14.0. The summed E-state index contributed by atoms with van der Waals surface area (Å²) in [6.45, 7) is 6.55. The molecule has 428 valence electrons. The number of aliphatic hydroxyl groups excluding tert-OH is 2. The summed E-state index contributed by atoms with van der Waals surface area (Å²) in [5.41, 5.74) is 0.850. The van der Waals surface area contributed by atoms with Gasteiger partial charge in [-0.25, -0.2) is 4.79 Å². The molecule has 2 bridgehead atoms. The predicted molar refractivity (Wildman–Crippen MR) is 289 cm³/mol. The van der Waals surface area contributed by atoms with Gasteiger partial charge in [-0.15, -0.1) is 11.8 Å². The molecule has 11 atom stereocenters. The molecule has 2 aliphatic heterocycles. The van der Waals surface area contributed by atoms with E-state index in [0.717, 1.165) is 60.1 Å². The molecule has 1 unspecified atom stereocenters. The Labute approximate surface area is 467 Å². The Morgan fingerprint density at radius 2 is 1.65 bits per heavy atom. The number of nitrogens with one attached hydrogen (secondary N) is 4. The number of ether oxygens (including phenoxy) is 3. The number of anilines is 1. The van der Waals surface area contributed by atoms with Crippen molar-refractivity contribution in [1.82, 2.24) is 20.9 Å². The standard InChI is InChI=1S/C59H71N5O15S/c1-32(2)80-43-23-48(71)64(52(43)75)20-18-46(69)60-26-47(70)62-41(15-16-49(72)73)51(74)61-37-12-7-34(8-13-37)28-77-54(76)63-58-29-57(30-58,31-58)24-33-5-9-35(10-6-33)53-78-45-22-40-39-14-11-36-21-38(66)17-19-55(36,3)50(39)42(67)25-56(40,4)59(45,79-53)44(68)27-65/h5-10,12-13,17,19,21,32,39-43,45,50,53,65,67H,11,14-16,18,20,22-31H2,1-4H3,(H,60,69)(H,61,74)(H,62,70)(H,63,76)(H,72,73)/t39-,40-,41-,42-,43?,45+,50+,53+,55-,56-,57?,58?,59+/m0/s1. The van der Waals surface area contributed by atoms with Crippen LogP contribution in [-0.2, 0) is 65.6 Å². The Balaban J connectivity index is 0.657. The number of hydrogen-bond acceptors (Lipinski definition) is 15. The molecule has 7 N–H and O–H groups in total. The zero-order chi connectivity index (χ0) is 57.1. The number of carbonyl (C=O) groups excluding carboxylic acids is 8. The van der Waals surface area contributed by atoms with Crippen LogP contribution in [0.25, 0.3) is 0 Å². The van der Waals surface area contributed by atoms with E-state index in [1.54, 1.807) is 36.4 Å². The number of Topliss-reactive ketones (excluding diaryl/α,β-unsaturated/α-hetero) is 1. The Morgan fingerprint density at radius 1 is 0.938 bits per heavy atom. The lowest BCUT2D eigenvalue weighted by atomic mass is 9.38. The number of allylic oxidation sites excluding steroid dienone is 4. The molecule has 21 heteroatoms. The number of likely N-dealkylation sites (tertiary alicyclic amines) is 1. The van der Waals surface area contributed by atoms with Crippen LogP contribution >= 0.6 is 11.8 Å². The number of benzene rings is 2. The molecule has 6 amide bonds. The summed E-state index contributed by atoms with van der Waals surface area (Å²) in [7, 11) is 0. The molecule has 2 saturated heterocycles. The van der Waals surface area contributed by atoms with E-state index in [1.165, 1.54) is 11.8 Å². The number of carboxylic acid groups (broad SMARTS) is 1. The number of aliphatic hydroxyl groups is 2. The summed E-state index contributed by atoms with van der Waals surface area (Å²) in [5.74, 6) is -4.48. The Hall–Kier alpha value is -6.26. The Morgan fingerprint density at radius 3 is 2.34 bits per heavy atom. The SMILES string of the molecule is CC(C)SC1CC(=O)N(CCC(=O)NCC(=O)N[C@@H](CCC(=O)O)C(=O)Nc2ccc(COC(=O)NC34CC(Cc5ccc([C@@H]6O[C@@H]7C[C@H]8[C@@H]9CCC%10=CC(=O)C=C[C@]%10(C)[C@H]9[C@@H](O)C[C@]8(C)[C@]7(C(=O)CO)O6)cc5)(C3)C4)cc2)C1=O. The van der Waals surface area contributed by atoms with Gasteiger partial charge in [0.25, 0.3) is 0 Å². The van der Waals surface area contributed by atoms with Crippen LogP contribution in [0.5, 0.6) is 0 Å². The number of imide groups is 1. The normalized spacial score (nSPS) is 33.7. The lowest BCUT2D eigenvalue weighted by Gasteiger charge is -2.70. The molecule has 7 aliphatic carbocycles. The third-order valence-corrected chi connectivity index (χ3v) is 19.9. The molecule has 8 fully saturated rings. The first-order valence-electron chi connectivity index (χ1n) is 27.8. The van der Waals surface area contributed by atoms with E-state index in [4.69, 9.17) is 14.2 Å². The number of alkyl carbamates (subject to hydrolysis) is 1. The van der Waals surface area contributed by atoms with Crippen LogP contribution in [0.2, 0.25) is 0 Å². The van der Waals surface area contributed by atoms with Crippen molar-refractivity contribution in [3.8, 4) is 0 Å². The Bertz CT molecular complexity index is 2910. The third-order valence-electron chi connectivity index (χ3n) is 18.7. The smallest absolute Gasteiger partial charge is 0.407 e. The van der Waals surface area contributed by atoms with E-state index in [1.807, 2.05) is 51.1 Å².